The van der Waals surface area contributed by atoms with Gasteiger partial charge >= 0.3 is 0 Å². The first-order chi connectivity index (χ1) is 15.7. The van der Waals surface area contributed by atoms with E-state index >= 15 is 0 Å². The van der Waals surface area contributed by atoms with Crippen LogP contribution in [0.3, 0.4) is 0 Å². The second-order valence-corrected chi connectivity index (χ2v) is 10.4. The van der Waals surface area contributed by atoms with Crippen molar-refractivity contribution < 1.29 is 21.6 Å². The lowest BCUT2D eigenvalue weighted by Crippen LogP contribution is -2.30. The lowest BCUT2D eigenvalue weighted by atomic mass is 10.2. The maximum atomic E-state index is 12.7. The molecule has 0 unspecified atom stereocenters. The minimum absolute atomic E-state index is 0.0227. The maximum Gasteiger partial charge on any atom is 0.264 e. The van der Waals surface area contributed by atoms with Crippen molar-refractivity contribution in [3.05, 3.63) is 72.6 Å². The number of carbonyl (C=O) groups excluding carboxylic acids is 1. The van der Waals surface area contributed by atoms with Gasteiger partial charge in [0.05, 0.1) is 9.79 Å². The molecule has 0 bridgehead atoms. The van der Waals surface area contributed by atoms with E-state index in [4.69, 9.17) is 0 Å². The summed E-state index contributed by atoms with van der Waals surface area (Å²) >= 11 is 0. The zero-order valence-corrected chi connectivity index (χ0v) is 19.6. The highest BCUT2D eigenvalue weighted by atomic mass is 32.2. The minimum atomic E-state index is -3.91. The molecular weight excluding hydrogens is 466 g/mol. The molecule has 0 saturated heterocycles. The predicted octanol–water partition coefficient (Wildman–Crippen LogP) is 2.56. The Morgan fingerprint density at radius 2 is 1.52 bits per heavy atom. The number of nitrogens with one attached hydrogen (secondary N) is 2. The Bertz CT molecular complexity index is 1320. The van der Waals surface area contributed by atoms with E-state index in [2.05, 4.69) is 20.0 Å². The van der Waals surface area contributed by atoms with Crippen molar-refractivity contribution in [1.29, 1.82) is 0 Å². The van der Waals surface area contributed by atoms with Gasteiger partial charge in [0.2, 0.25) is 16.0 Å². The Morgan fingerprint density at radius 3 is 2.12 bits per heavy atom. The van der Waals surface area contributed by atoms with Crippen molar-refractivity contribution in [3.8, 4) is 0 Å². The van der Waals surface area contributed by atoms with Crippen LogP contribution in [0.25, 0.3) is 0 Å². The molecule has 2 aromatic carbocycles. The first-order valence-electron chi connectivity index (χ1n) is 9.99. The van der Waals surface area contributed by atoms with Crippen LogP contribution >= 0.6 is 0 Å². The molecule has 0 atom stereocenters. The zero-order valence-electron chi connectivity index (χ0n) is 18.0. The van der Waals surface area contributed by atoms with Crippen LogP contribution in [0.15, 0.2) is 76.8 Å². The summed E-state index contributed by atoms with van der Waals surface area (Å²) in [6.45, 7) is 4.11. The molecule has 0 spiro atoms. The fourth-order valence-corrected chi connectivity index (χ4v) is 5.42. The van der Waals surface area contributed by atoms with E-state index in [0.29, 0.717) is 18.8 Å². The smallest absolute Gasteiger partial charge is 0.264 e. The molecule has 0 aliphatic heterocycles. The third kappa shape index (κ3) is 5.72. The molecule has 3 rings (SSSR count). The summed E-state index contributed by atoms with van der Waals surface area (Å²) in [6, 6.07) is 12.8. The van der Waals surface area contributed by atoms with Gasteiger partial charge in [0.1, 0.15) is 0 Å². The van der Waals surface area contributed by atoms with Gasteiger partial charge in [-0.05, 0) is 48.5 Å². The lowest BCUT2D eigenvalue weighted by molar-refractivity contribution is 0.102. The molecule has 0 fully saturated rings. The number of amides is 1. The number of aromatic nitrogens is 2. The van der Waals surface area contributed by atoms with E-state index < -0.39 is 26.0 Å². The number of sulfonamides is 2. The molecule has 0 aliphatic carbocycles. The monoisotopic (exact) mass is 489 g/mol. The second-order valence-electron chi connectivity index (χ2n) is 6.77. The Labute approximate surface area is 192 Å². The fraction of sp³-hybridized carbons (Fsp3) is 0.190. The van der Waals surface area contributed by atoms with Crippen LogP contribution in [0.1, 0.15) is 24.2 Å². The summed E-state index contributed by atoms with van der Waals surface area (Å²) in [5.41, 5.74) is 0.495. The molecule has 1 amide bonds. The van der Waals surface area contributed by atoms with Crippen LogP contribution < -0.4 is 10.0 Å². The number of carbonyl (C=O) groups is 1. The number of anilines is 2. The Kier molecular flexibility index (Phi) is 7.41. The van der Waals surface area contributed by atoms with Crippen molar-refractivity contribution >= 4 is 37.6 Å². The summed E-state index contributed by atoms with van der Waals surface area (Å²) in [5, 5.41) is 2.64. The van der Waals surface area contributed by atoms with E-state index in [1.807, 2.05) is 0 Å². The molecule has 0 saturated carbocycles. The molecule has 1 aromatic heterocycles. The zero-order chi connectivity index (χ0) is 24.1. The largest absolute Gasteiger partial charge is 0.322 e. The number of benzene rings is 2. The van der Waals surface area contributed by atoms with Gasteiger partial charge in [-0.1, -0.05) is 19.9 Å². The molecule has 3 aromatic rings. The van der Waals surface area contributed by atoms with Gasteiger partial charge in [0.25, 0.3) is 15.9 Å². The maximum absolute atomic E-state index is 12.7. The molecule has 12 heteroatoms. The highest BCUT2D eigenvalue weighted by molar-refractivity contribution is 7.92. The van der Waals surface area contributed by atoms with Gasteiger partial charge in [-0.3, -0.25) is 4.79 Å². The number of hydrogen-bond donors (Lipinski definition) is 2. The lowest BCUT2D eigenvalue weighted by Gasteiger charge is -2.18. The second kappa shape index (κ2) is 10.1. The average Bonchev–Trinajstić information content (AvgIpc) is 2.80. The van der Waals surface area contributed by atoms with Gasteiger partial charge in [-0.25, -0.2) is 31.5 Å². The molecular formula is C21H23N5O5S2. The summed E-state index contributed by atoms with van der Waals surface area (Å²) < 4.78 is 53.9. The minimum Gasteiger partial charge on any atom is -0.322 e. The molecule has 1 heterocycles. The van der Waals surface area contributed by atoms with Gasteiger partial charge in [0, 0.05) is 36.7 Å². The third-order valence-electron chi connectivity index (χ3n) is 4.65. The Balaban J connectivity index is 1.75. The van der Waals surface area contributed by atoms with Crippen LogP contribution in [0, 0.1) is 0 Å². The van der Waals surface area contributed by atoms with Gasteiger partial charge in [-0.15, -0.1) is 0 Å². The number of nitrogens with zero attached hydrogens (tertiary/aromatic N) is 3. The first kappa shape index (κ1) is 24.3. The fourth-order valence-electron chi connectivity index (χ4n) is 2.96. The van der Waals surface area contributed by atoms with Gasteiger partial charge < -0.3 is 5.32 Å². The van der Waals surface area contributed by atoms with Crippen LogP contribution in [-0.4, -0.2) is 50.1 Å². The van der Waals surface area contributed by atoms with E-state index in [1.165, 1.54) is 65.2 Å². The van der Waals surface area contributed by atoms with E-state index in [9.17, 15) is 21.6 Å². The van der Waals surface area contributed by atoms with E-state index in [-0.39, 0.29) is 21.3 Å². The van der Waals surface area contributed by atoms with Crippen LogP contribution in [0.5, 0.6) is 0 Å². The third-order valence-corrected chi connectivity index (χ3v) is 8.04. The number of rotatable bonds is 9. The van der Waals surface area contributed by atoms with Crippen LogP contribution in [0.4, 0.5) is 11.6 Å². The van der Waals surface area contributed by atoms with Crippen molar-refractivity contribution in [2.24, 2.45) is 0 Å². The van der Waals surface area contributed by atoms with Crippen molar-refractivity contribution in [1.82, 2.24) is 14.3 Å². The molecule has 33 heavy (non-hydrogen) atoms. The molecule has 2 N–H and O–H groups in total. The molecule has 10 nitrogen and oxygen atoms in total. The van der Waals surface area contributed by atoms with Crippen LogP contribution in [0.2, 0.25) is 0 Å². The average molecular weight is 490 g/mol. The molecule has 0 radical (unpaired) electrons. The highest BCUT2D eigenvalue weighted by Crippen LogP contribution is 2.20. The number of hydrogen-bond acceptors (Lipinski definition) is 7. The quantitative estimate of drug-likeness (QED) is 0.471. The predicted molar refractivity (Wildman–Crippen MR) is 124 cm³/mol. The van der Waals surface area contributed by atoms with Gasteiger partial charge in [-0.2, -0.15) is 4.31 Å². The van der Waals surface area contributed by atoms with Crippen molar-refractivity contribution in [3.63, 3.8) is 0 Å². The van der Waals surface area contributed by atoms with E-state index in [0.717, 1.165) is 0 Å². The topological polar surface area (TPSA) is 138 Å². The van der Waals surface area contributed by atoms with Crippen LogP contribution in [-0.2, 0) is 20.0 Å². The molecule has 0 aliphatic rings. The van der Waals surface area contributed by atoms with Crippen molar-refractivity contribution in [2.45, 2.75) is 23.6 Å². The molecule has 174 valence electrons. The summed E-state index contributed by atoms with van der Waals surface area (Å²) in [4.78, 5) is 20.3. The summed E-state index contributed by atoms with van der Waals surface area (Å²) in [6.07, 6.45) is 2.82. The van der Waals surface area contributed by atoms with Crippen molar-refractivity contribution in [2.75, 3.05) is 23.1 Å². The van der Waals surface area contributed by atoms with Gasteiger partial charge in [0.15, 0.2) is 0 Å². The highest BCUT2D eigenvalue weighted by Gasteiger charge is 2.22. The summed E-state index contributed by atoms with van der Waals surface area (Å²) in [5.74, 6) is -0.590. The Morgan fingerprint density at radius 1 is 0.879 bits per heavy atom. The normalized spacial score (nSPS) is 11.8. The summed E-state index contributed by atoms with van der Waals surface area (Å²) in [7, 11) is -7.61. The SMILES string of the molecule is CCN(CC)S(=O)(=O)c1cccc(C(=O)Nc2ccc(S(=O)(=O)Nc3ncccn3)cc2)c1. The standard InChI is InChI=1S/C21H23N5O5S2/c1-3-26(4-2)33(30,31)19-8-5-7-16(15-19)20(27)24-17-9-11-18(12-10-17)32(28,29)25-21-22-13-6-14-23-21/h5-15H,3-4H2,1-2H3,(H,24,27)(H,22,23,25). The van der Waals surface area contributed by atoms with E-state index in [1.54, 1.807) is 19.9 Å². The Hall–Kier alpha value is -3.35. The first-order valence-corrected chi connectivity index (χ1v) is 12.9.